The van der Waals surface area contributed by atoms with Crippen molar-refractivity contribution in [3.05, 3.63) is 70.9 Å². The highest BCUT2D eigenvalue weighted by molar-refractivity contribution is 6.06. The molecule has 4 rings (SSSR count). The number of aromatic nitrogens is 1. The van der Waals surface area contributed by atoms with Crippen molar-refractivity contribution >= 4 is 28.5 Å². The summed E-state index contributed by atoms with van der Waals surface area (Å²) in [6, 6.07) is 15.4. The number of anilines is 1. The number of aryl methyl sites for hydroxylation is 1. The lowest BCUT2D eigenvalue weighted by molar-refractivity contribution is -0.126. The molecule has 0 radical (unpaired) electrons. The van der Waals surface area contributed by atoms with Crippen LogP contribution < -0.4 is 4.90 Å². The van der Waals surface area contributed by atoms with E-state index in [1.807, 2.05) is 62.4 Å². The Bertz CT molecular complexity index is 1110. The van der Waals surface area contributed by atoms with Crippen molar-refractivity contribution in [3.8, 4) is 0 Å². The minimum atomic E-state index is -0.870. The summed E-state index contributed by atoms with van der Waals surface area (Å²) in [6.45, 7) is 6.14. The van der Waals surface area contributed by atoms with Gasteiger partial charge in [0, 0.05) is 23.3 Å². The van der Waals surface area contributed by atoms with Gasteiger partial charge in [0.15, 0.2) is 6.10 Å². The fourth-order valence-electron chi connectivity index (χ4n) is 4.02. The second-order valence-corrected chi connectivity index (χ2v) is 7.35. The summed E-state index contributed by atoms with van der Waals surface area (Å²) in [4.78, 5) is 32.5. The van der Waals surface area contributed by atoms with Gasteiger partial charge in [0.25, 0.3) is 5.91 Å². The van der Waals surface area contributed by atoms with E-state index in [2.05, 4.69) is 4.98 Å². The molecule has 1 amide bonds. The third-order valence-corrected chi connectivity index (χ3v) is 5.56. The number of hydrogen-bond acceptors (Lipinski definition) is 4. The van der Waals surface area contributed by atoms with E-state index in [0.717, 1.165) is 46.3 Å². The zero-order chi connectivity index (χ0) is 20.5. The average molecular weight is 388 g/mol. The zero-order valence-corrected chi connectivity index (χ0v) is 16.9. The maximum Gasteiger partial charge on any atom is 0.339 e. The van der Waals surface area contributed by atoms with Crippen molar-refractivity contribution < 1.29 is 14.3 Å². The second-order valence-electron chi connectivity index (χ2n) is 7.35. The number of para-hydroxylation sites is 2. The van der Waals surface area contributed by atoms with Crippen LogP contribution in [0.3, 0.4) is 0 Å². The highest BCUT2D eigenvalue weighted by Crippen LogP contribution is 2.29. The van der Waals surface area contributed by atoms with Gasteiger partial charge in [-0.25, -0.2) is 4.79 Å². The molecule has 5 heteroatoms. The highest BCUT2D eigenvalue weighted by atomic mass is 16.5. The number of pyridine rings is 1. The molecule has 1 aliphatic heterocycles. The predicted molar refractivity (Wildman–Crippen MR) is 113 cm³/mol. The number of rotatable bonds is 4. The number of carbonyl (C=O) groups is 2. The fourth-order valence-corrected chi connectivity index (χ4v) is 4.02. The first-order valence-electron chi connectivity index (χ1n) is 9.99. The molecule has 1 atom stereocenters. The molecular formula is C24H24N2O3. The second kappa shape index (κ2) is 7.66. The summed E-state index contributed by atoms with van der Waals surface area (Å²) in [6.07, 6.45) is 0.664. The molecule has 0 aliphatic carbocycles. The first-order valence-corrected chi connectivity index (χ1v) is 9.99. The molecule has 0 saturated heterocycles. The summed E-state index contributed by atoms with van der Waals surface area (Å²) in [5.74, 6) is -0.681. The molecule has 0 bridgehead atoms. The summed E-state index contributed by atoms with van der Waals surface area (Å²) < 4.78 is 5.66. The van der Waals surface area contributed by atoms with Crippen LogP contribution in [0.25, 0.3) is 10.9 Å². The van der Waals surface area contributed by atoms with Gasteiger partial charge in [0.2, 0.25) is 0 Å². The minimum absolute atomic E-state index is 0.199. The molecule has 3 aromatic rings. The first-order chi connectivity index (χ1) is 14.0. The van der Waals surface area contributed by atoms with E-state index >= 15 is 0 Å². The van der Waals surface area contributed by atoms with Gasteiger partial charge < -0.3 is 9.64 Å². The maximum atomic E-state index is 13.1. The maximum absolute atomic E-state index is 13.1. The summed E-state index contributed by atoms with van der Waals surface area (Å²) in [5.41, 5.74) is 4.97. The molecule has 0 spiro atoms. The number of fused-ring (bicyclic) bond motifs is 2. The lowest BCUT2D eigenvalue weighted by Crippen LogP contribution is -2.39. The number of nitrogens with zero attached hydrogens (tertiary/aromatic N) is 2. The molecule has 1 aliphatic rings. The van der Waals surface area contributed by atoms with E-state index in [-0.39, 0.29) is 5.91 Å². The number of esters is 1. The van der Waals surface area contributed by atoms with Gasteiger partial charge in [-0.1, -0.05) is 43.3 Å². The Morgan fingerprint density at radius 2 is 1.86 bits per heavy atom. The molecule has 0 saturated carbocycles. The molecule has 5 nitrogen and oxygen atoms in total. The summed E-state index contributed by atoms with van der Waals surface area (Å²) in [5, 5.41) is 0.748. The SMILES string of the molecule is CCc1nc2ccccc2c(C(=O)O[C@H](C)C(=O)N2CCc3ccccc32)c1C. The smallest absolute Gasteiger partial charge is 0.339 e. The number of carbonyl (C=O) groups excluding carboxylic acids is 2. The van der Waals surface area contributed by atoms with Crippen LogP contribution in [0.1, 0.15) is 41.0 Å². The number of amides is 1. The molecule has 0 unspecified atom stereocenters. The van der Waals surface area contributed by atoms with Crippen LogP contribution in [0, 0.1) is 6.92 Å². The first kappa shape index (κ1) is 19.1. The Morgan fingerprint density at radius 1 is 1.14 bits per heavy atom. The summed E-state index contributed by atoms with van der Waals surface area (Å²) in [7, 11) is 0. The number of ether oxygens (including phenoxy) is 1. The van der Waals surface area contributed by atoms with Gasteiger partial charge in [-0.2, -0.15) is 0 Å². The Labute approximate surface area is 170 Å². The zero-order valence-electron chi connectivity index (χ0n) is 16.9. The Kier molecular flexibility index (Phi) is 5.05. The molecule has 148 valence electrons. The van der Waals surface area contributed by atoms with Gasteiger partial charge in [-0.3, -0.25) is 9.78 Å². The minimum Gasteiger partial charge on any atom is -0.449 e. The number of benzene rings is 2. The molecular weight excluding hydrogens is 364 g/mol. The van der Waals surface area contributed by atoms with Gasteiger partial charge in [0.05, 0.1) is 11.1 Å². The quantitative estimate of drug-likeness (QED) is 0.627. The van der Waals surface area contributed by atoms with Crippen LogP contribution >= 0.6 is 0 Å². The lowest BCUT2D eigenvalue weighted by Gasteiger charge is -2.22. The van der Waals surface area contributed by atoms with Crippen molar-refractivity contribution in [3.63, 3.8) is 0 Å². The Hall–Kier alpha value is -3.21. The predicted octanol–water partition coefficient (Wildman–Crippen LogP) is 4.24. The van der Waals surface area contributed by atoms with Crippen molar-refractivity contribution in [1.82, 2.24) is 4.98 Å². The third-order valence-electron chi connectivity index (χ3n) is 5.56. The van der Waals surface area contributed by atoms with Gasteiger partial charge in [-0.15, -0.1) is 0 Å². The Morgan fingerprint density at radius 3 is 2.66 bits per heavy atom. The molecule has 29 heavy (non-hydrogen) atoms. The van der Waals surface area contributed by atoms with Crippen LogP contribution in [-0.4, -0.2) is 29.5 Å². The van der Waals surface area contributed by atoms with E-state index in [1.165, 1.54) is 0 Å². The lowest BCUT2D eigenvalue weighted by atomic mass is 10.0. The molecule has 0 fully saturated rings. The van der Waals surface area contributed by atoms with Crippen molar-refractivity contribution in [2.75, 3.05) is 11.4 Å². The van der Waals surface area contributed by atoms with E-state index in [9.17, 15) is 9.59 Å². The number of hydrogen-bond donors (Lipinski definition) is 0. The van der Waals surface area contributed by atoms with Crippen molar-refractivity contribution in [1.29, 1.82) is 0 Å². The van der Waals surface area contributed by atoms with Crippen LogP contribution in [0.15, 0.2) is 48.5 Å². The monoisotopic (exact) mass is 388 g/mol. The van der Waals surface area contributed by atoms with E-state index in [0.29, 0.717) is 12.1 Å². The van der Waals surface area contributed by atoms with Gasteiger partial charge in [0.1, 0.15) is 0 Å². The highest BCUT2D eigenvalue weighted by Gasteiger charge is 2.30. The van der Waals surface area contributed by atoms with E-state index in [4.69, 9.17) is 4.74 Å². The molecule has 2 heterocycles. The van der Waals surface area contributed by atoms with E-state index in [1.54, 1.807) is 11.8 Å². The molecule has 0 N–H and O–H groups in total. The van der Waals surface area contributed by atoms with Crippen LogP contribution in [-0.2, 0) is 22.4 Å². The van der Waals surface area contributed by atoms with Crippen LogP contribution in [0.4, 0.5) is 5.69 Å². The van der Waals surface area contributed by atoms with E-state index < -0.39 is 12.1 Å². The average Bonchev–Trinajstić information content (AvgIpc) is 3.16. The molecule has 1 aromatic heterocycles. The normalized spacial score (nSPS) is 14.0. The van der Waals surface area contributed by atoms with Crippen LogP contribution in [0.2, 0.25) is 0 Å². The largest absolute Gasteiger partial charge is 0.449 e. The Balaban J connectivity index is 1.62. The summed E-state index contributed by atoms with van der Waals surface area (Å²) >= 11 is 0. The molecule has 2 aromatic carbocycles. The third kappa shape index (κ3) is 3.37. The van der Waals surface area contributed by atoms with Gasteiger partial charge in [-0.05, 0) is 49.9 Å². The fraction of sp³-hybridized carbons (Fsp3) is 0.292. The van der Waals surface area contributed by atoms with Crippen molar-refractivity contribution in [2.45, 2.75) is 39.7 Å². The standard InChI is InChI=1S/C24H24N2O3/c1-4-19-15(2)22(18-10-6-7-11-20(18)25-19)24(28)29-16(3)23(27)26-14-13-17-9-5-8-12-21(17)26/h5-12,16H,4,13-14H2,1-3H3/t16-/m1/s1. The topological polar surface area (TPSA) is 59.5 Å². The van der Waals surface area contributed by atoms with Gasteiger partial charge >= 0.3 is 5.97 Å². The van der Waals surface area contributed by atoms with Crippen LogP contribution in [0.5, 0.6) is 0 Å². The van der Waals surface area contributed by atoms with Crippen molar-refractivity contribution in [2.24, 2.45) is 0 Å².